The van der Waals surface area contributed by atoms with Gasteiger partial charge in [-0.3, -0.25) is 9.59 Å². The maximum atomic E-state index is 13.9. The second kappa shape index (κ2) is 7.23. The minimum Gasteiger partial charge on any atom is -0.342 e. The molecule has 0 bridgehead atoms. The number of benzene rings is 1. The first-order chi connectivity index (χ1) is 12.4. The van der Waals surface area contributed by atoms with E-state index in [1.54, 1.807) is 18.0 Å². The summed E-state index contributed by atoms with van der Waals surface area (Å²) in [5, 5.41) is 6.93. The molecule has 1 N–H and O–H groups in total. The predicted octanol–water partition coefficient (Wildman–Crippen LogP) is 2.32. The smallest absolute Gasteiger partial charge is 0.230 e. The average molecular weight is 362 g/mol. The van der Waals surface area contributed by atoms with E-state index in [4.69, 9.17) is 0 Å². The van der Waals surface area contributed by atoms with Gasteiger partial charge in [0.05, 0.1) is 18.7 Å². The van der Waals surface area contributed by atoms with Gasteiger partial charge in [-0.25, -0.2) is 13.5 Å². The fourth-order valence-electron chi connectivity index (χ4n) is 3.06. The number of aromatic nitrogens is 2. The SMILES string of the molecule is CCN1CC(C(=O)Nc2c(C)cnn2Cc2cc(F)ccc2F)CC1=O. The van der Waals surface area contributed by atoms with Gasteiger partial charge in [0.2, 0.25) is 11.8 Å². The summed E-state index contributed by atoms with van der Waals surface area (Å²) >= 11 is 0. The molecular weight excluding hydrogens is 342 g/mol. The molecule has 0 radical (unpaired) electrons. The van der Waals surface area contributed by atoms with Crippen LogP contribution in [-0.2, 0) is 16.1 Å². The summed E-state index contributed by atoms with van der Waals surface area (Å²) in [6.07, 6.45) is 1.72. The second-order valence-electron chi connectivity index (χ2n) is 6.39. The zero-order chi connectivity index (χ0) is 18.8. The molecule has 8 heteroatoms. The third-order valence-corrected chi connectivity index (χ3v) is 4.56. The Bertz CT molecular complexity index is 850. The van der Waals surface area contributed by atoms with Crippen LogP contribution >= 0.6 is 0 Å². The van der Waals surface area contributed by atoms with E-state index < -0.39 is 17.6 Å². The maximum Gasteiger partial charge on any atom is 0.230 e. The molecule has 1 aliphatic rings. The number of carbonyl (C=O) groups is 2. The number of rotatable bonds is 5. The van der Waals surface area contributed by atoms with E-state index in [1.807, 2.05) is 6.92 Å². The highest BCUT2D eigenvalue weighted by Crippen LogP contribution is 2.22. The molecular formula is C18H20F2N4O2. The Morgan fingerprint density at radius 3 is 2.85 bits per heavy atom. The minimum atomic E-state index is -0.545. The molecule has 0 saturated carbocycles. The Labute approximate surface area is 149 Å². The molecule has 2 heterocycles. The number of hydrogen-bond donors (Lipinski definition) is 1. The molecule has 0 aliphatic carbocycles. The summed E-state index contributed by atoms with van der Waals surface area (Å²) in [6, 6.07) is 3.21. The molecule has 0 spiro atoms. The summed E-state index contributed by atoms with van der Waals surface area (Å²) in [4.78, 5) is 26.0. The first-order valence-corrected chi connectivity index (χ1v) is 8.44. The van der Waals surface area contributed by atoms with Crippen LogP contribution in [0.3, 0.4) is 0 Å². The molecule has 2 aromatic rings. The molecule has 1 fully saturated rings. The van der Waals surface area contributed by atoms with Gasteiger partial charge >= 0.3 is 0 Å². The van der Waals surface area contributed by atoms with E-state index in [0.29, 0.717) is 24.5 Å². The van der Waals surface area contributed by atoms with Gasteiger partial charge < -0.3 is 10.2 Å². The van der Waals surface area contributed by atoms with Crippen LogP contribution < -0.4 is 5.32 Å². The van der Waals surface area contributed by atoms with E-state index in [9.17, 15) is 18.4 Å². The molecule has 1 atom stereocenters. The lowest BCUT2D eigenvalue weighted by atomic mass is 10.1. The van der Waals surface area contributed by atoms with Crippen LogP contribution in [0.1, 0.15) is 24.5 Å². The van der Waals surface area contributed by atoms with Crippen molar-refractivity contribution in [2.45, 2.75) is 26.8 Å². The lowest BCUT2D eigenvalue weighted by Gasteiger charge is -2.15. The van der Waals surface area contributed by atoms with Crippen LogP contribution in [0.5, 0.6) is 0 Å². The number of likely N-dealkylation sites (tertiary alicyclic amines) is 1. The van der Waals surface area contributed by atoms with Gasteiger partial charge in [-0.15, -0.1) is 0 Å². The van der Waals surface area contributed by atoms with Gasteiger partial charge in [0.15, 0.2) is 0 Å². The highest BCUT2D eigenvalue weighted by Gasteiger charge is 2.33. The first-order valence-electron chi connectivity index (χ1n) is 8.44. The highest BCUT2D eigenvalue weighted by molar-refractivity contribution is 5.97. The molecule has 26 heavy (non-hydrogen) atoms. The first kappa shape index (κ1) is 18.0. The fraction of sp³-hybridized carbons (Fsp3) is 0.389. The summed E-state index contributed by atoms with van der Waals surface area (Å²) in [5.74, 6) is -1.42. The van der Waals surface area contributed by atoms with Crippen LogP contribution in [0.4, 0.5) is 14.6 Å². The quantitative estimate of drug-likeness (QED) is 0.888. The van der Waals surface area contributed by atoms with Gasteiger partial charge in [-0.2, -0.15) is 5.10 Å². The maximum absolute atomic E-state index is 13.9. The molecule has 1 aromatic heterocycles. The largest absolute Gasteiger partial charge is 0.342 e. The molecule has 6 nitrogen and oxygen atoms in total. The molecule has 2 amide bonds. The third-order valence-electron chi connectivity index (χ3n) is 4.56. The minimum absolute atomic E-state index is 0.0161. The van der Waals surface area contributed by atoms with Crippen molar-refractivity contribution in [3.8, 4) is 0 Å². The van der Waals surface area contributed by atoms with Crippen molar-refractivity contribution in [2.24, 2.45) is 5.92 Å². The summed E-state index contributed by atoms with van der Waals surface area (Å²) in [6.45, 7) is 4.56. The van der Waals surface area contributed by atoms with Gasteiger partial charge in [0.25, 0.3) is 0 Å². The second-order valence-corrected chi connectivity index (χ2v) is 6.39. The zero-order valence-electron chi connectivity index (χ0n) is 14.6. The van der Waals surface area contributed by atoms with Crippen molar-refractivity contribution in [1.29, 1.82) is 0 Å². The Morgan fingerprint density at radius 1 is 1.38 bits per heavy atom. The van der Waals surface area contributed by atoms with Gasteiger partial charge in [-0.1, -0.05) is 0 Å². The normalized spacial score (nSPS) is 17.0. The van der Waals surface area contributed by atoms with Crippen molar-refractivity contribution in [1.82, 2.24) is 14.7 Å². The molecule has 1 aromatic carbocycles. The number of halogens is 2. The molecule has 1 unspecified atom stereocenters. The number of amides is 2. The van der Waals surface area contributed by atoms with E-state index >= 15 is 0 Å². The predicted molar refractivity (Wildman–Crippen MR) is 91.4 cm³/mol. The van der Waals surface area contributed by atoms with Crippen LogP contribution in [0, 0.1) is 24.5 Å². The van der Waals surface area contributed by atoms with E-state index in [-0.39, 0.29) is 30.3 Å². The van der Waals surface area contributed by atoms with Crippen LogP contribution in [0.25, 0.3) is 0 Å². The van der Waals surface area contributed by atoms with Gasteiger partial charge in [-0.05, 0) is 32.0 Å². The van der Waals surface area contributed by atoms with Gasteiger partial charge in [0.1, 0.15) is 17.5 Å². The Kier molecular flexibility index (Phi) is 5.01. The summed E-state index contributed by atoms with van der Waals surface area (Å²) < 4.78 is 28.7. The highest BCUT2D eigenvalue weighted by atomic mass is 19.1. The standard InChI is InChI=1S/C18H20F2N4O2/c1-3-23-9-13(7-16(23)25)18(26)22-17-11(2)8-21-24(17)10-12-6-14(19)4-5-15(12)20/h4-6,8,13H,3,7,9-10H2,1-2H3,(H,22,26). The number of anilines is 1. The van der Waals surface area contributed by atoms with Crippen LogP contribution in [-0.4, -0.2) is 39.6 Å². The van der Waals surface area contributed by atoms with E-state index in [1.165, 1.54) is 4.68 Å². The number of nitrogens with zero attached hydrogens (tertiary/aromatic N) is 3. The Morgan fingerprint density at radius 2 is 2.15 bits per heavy atom. The molecule has 138 valence electrons. The third kappa shape index (κ3) is 3.58. The van der Waals surface area contributed by atoms with E-state index in [0.717, 1.165) is 18.2 Å². The molecule has 1 aliphatic heterocycles. The van der Waals surface area contributed by atoms with Crippen molar-refractivity contribution >= 4 is 17.6 Å². The number of carbonyl (C=O) groups excluding carboxylic acids is 2. The number of nitrogens with one attached hydrogen (secondary N) is 1. The topological polar surface area (TPSA) is 67.2 Å². The average Bonchev–Trinajstić information content (AvgIpc) is 3.15. The van der Waals surface area contributed by atoms with Gasteiger partial charge in [0, 0.05) is 30.6 Å². The van der Waals surface area contributed by atoms with Crippen LogP contribution in [0.15, 0.2) is 24.4 Å². The summed E-state index contributed by atoms with van der Waals surface area (Å²) in [7, 11) is 0. The number of aryl methyl sites for hydroxylation is 1. The van der Waals surface area contributed by atoms with Crippen molar-refractivity contribution in [3.05, 3.63) is 47.2 Å². The summed E-state index contributed by atoms with van der Waals surface area (Å²) in [5.41, 5.74) is 0.837. The zero-order valence-corrected chi connectivity index (χ0v) is 14.6. The lowest BCUT2D eigenvalue weighted by Crippen LogP contribution is -2.29. The Balaban J connectivity index is 1.77. The lowest BCUT2D eigenvalue weighted by molar-refractivity contribution is -0.128. The Hall–Kier alpha value is -2.77. The van der Waals surface area contributed by atoms with Crippen molar-refractivity contribution < 1.29 is 18.4 Å². The molecule has 1 saturated heterocycles. The number of hydrogen-bond acceptors (Lipinski definition) is 3. The molecule has 3 rings (SSSR count). The van der Waals surface area contributed by atoms with Crippen LogP contribution in [0.2, 0.25) is 0 Å². The van der Waals surface area contributed by atoms with Crippen molar-refractivity contribution in [3.63, 3.8) is 0 Å². The van der Waals surface area contributed by atoms with E-state index in [2.05, 4.69) is 10.4 Å². The monoisotopic (exact) mass is 362 g/mol. The fourth-order valence-corrected chi connectivity index (χ4v) is 3.06. The van der Waals surface area contributed by atoms with Crippen molar-refractivity contribution in [2.75, 3.05) is 18.4 Å².